The highest BCUT2D eigenvalue weighted by molar-refractivity contribution is 7.99. The molecule has 2 rings (SSSR count). The second-order valence-electron chi connectivity index (χ2n) is 3.33. The van der Waals surface area contributed by atoms with E-state index < -0.39 is 0 Å². The van der Waals surface area contributed by atoms with E-state index in [9.17, 15) is 4.79 Å². The van der Waals surface area contributed by atoms with Gasteiger partial charge in [-0.1, -0.05) is 23.4 Å². The van der Waals surface area contributed by atoms with E-state index >= 15 is 0 Å². The minimum Gasteiger partial charge on any atom is -0.383 e. The molecule has 0 radical (unpaired) electrons. The zero-order chi connectivity index (χ0) is 13.1. The SMILES string of the molecule is N#Cc1ccc(Cl)cc1Sc1nc(N)cc(=O)[nH]1. The van der Waals surface area contributed by atoms with Gasteiger partial charge in [-0.25, -0.2) is 4.98 Å². The fourth-order valence-corrected chi connectivity index (χ4v) is 2.44. The number of nitrogens with two attached hydrogens (primary N) is 1. The van der Waals surface area contributed by atoms with Crippen LogP contribution in [0.5, 0.6) is 0 Å². The molecule has 18 heavy (non-hydrogen) atoms. The van der Waals surface area contributed by atoms with Gasteiger partial charge < -0.3 is 10.7 Å². The van der Waals surface area contributed by atoms with Crippen molar-refractivity contribution in [3.8, 4) is 6.07 Å². The molecule has 3 N–H and O–H groups in total. The minimum atomic E-state index is -0.342. The van der Waals surface area contributed by atoms with E-state index in [2.05, 4.69) is 9.97 Å². The van der Waals surface area contributed by atoms with Crippen LogP contribution < -0.4 is 11.3 Å². The van der Waals surface area contributed by atoms with Crippen LogP contribution in [0.25, 0.3) is 0 Å². The Labute approximate surface area is 112 Å². The summed E-state index contributed by atoms with van der Waals surface area (Å²) >= 11 is 6.99. The van der Waals surface area contributed by atoms with E-state index in [1.165, 1.54) is 6.07 Å². The van der Waals surface area contributed by atoms with Crippen molar-refractivity contribution in [1.29, 1.82) is 5.26 Å². The fraction of sp³-hybridized carbons (Fsp3) is 0. The lowest BCUT2D eigenvalue weighted by molar-refractivity contribution is 0.945. The van der Waals surface area contributed by atoms with Crippen LogP contribution in [0.15, 0.2) is 39.1 Å². The van der Waals surface area contributed by atoms with Crippen LogP contribution in [0.3, 0.4) is 0 Å². The van der Waals surface area contributed by atoms with Crippen molar-refractivity contribution in [2.45, 2.75) is 10.1 Å². The Morgan fingerprint density at radius 2 is 2.22 bits per heavy atom. The van der Waals surface area contributed by atoms with Crippen molar-refractivity contribution in [3.63, 3.8) is 0 Å². The van der Waals surface area contributed by atoms with Gasteiger partial charge in [-0.2, -0.15) is 5.26 Å². The van der Waals surface area contributed by atoms with Crippen LogP contribution in [0, 0.1) is 11.3 Å². The molecule has 0 unspecified atom stereocenters. The van der Waals surface area contributed by atoms with E-state index in [0.717, 1.165) is 11.8 Å². The maximum absolute atomic E-state index is 11.2. The van der Waals surface area contributed by atoms with Gasteiger partial charge in [-0.05, 0) is 18.2 Å². The molecule has 2 aromatic rings. The molecule has 0 aliphatic carbocycles. The summed E-state index contributed by atoms with van der Waals surface area (Å²) in [6, 6.07) is 8.09. The van der Waals surface area contributed by atoms with Crippen molar-refractivity contribution in [1.82, 2.24) is 9.97 Å². The molecule has 5 nitrogen and oxygen atoms in total. The third-order valence-electron chi connectivity index (χ3n) is 2.01. The highest BCUT2D eigenvalue weighted by Crippen LogP contribution is 2.29. The zero-order valence-corrected chi connectivity index (χ0v) is 10.5. The molecule has 0 aliphatic heterocycles. The maximum Gasteiger partial charge on any atom is 0.253 e. The number of nitrogens with zero attached hydrogens (tertiary/aromatic N) is 2. The molecule has 90 valence electrons. The fourth-order valence-electron chi connectivity index (χ4n) is 1.28. The molecule has 0 saturated heterocycles. The van der Waals surface area contributed by atoms with Gasteiger partial charge >= 0.3 is 0 Å². The predicted molar refractivity (Wildman–Crippen MR) is 69.6 cm³/mol. The Balaban J connectivity index is 2.42. The van der Waals surface area contributed by atoms with Crippen LogP contribution in [0.4, 0.5) is 5.82 Å². The molecular formula is C11H7ClN4OS. The van der Waals surface area contributed by atoms with E-state index in [4.69, 9.17) is 22.6 Å². The van der Waals surface area contributed by atoms with Gasteiger partial charge in [0.05, 0.1) is 5.56 Å². The molecule has 0 aliphatic rings. The third-order valence-corrected chi connectivity index (χ3v) is 3.19. The lowest BCUT2D eigenvalue weighted by Crippen LogP contribution is -2.09. The molecule has 0 bridgehead atoms. The number of halogens is 1. The van der Waals surface area contributed by atoms with Crippen LogP contribution in [0.2, 0.25) is 5.02 Å². The number of anilines is 1. The molecule has 0 saturated carbocycles. The standard InChI is InChI=1S/C11H7ClN4OS/c12-7-2-1-6(5-13)8(3-7)18-11-15-9(14)4-10(17)16-11/h1-4H,(H3,14,15,16,17). The highest BCUT2D eigenvalue weighted by Gasteiger charge is 2.07. The third kappa shape index (κ3) is 2.83. The number of nitrogen functional groups attached to an aromatic ring is 1. The Hall–Kier alpha value is -1.97. The van der Waals surface area contributed by atoms with Crippen LogP contribution in [0.1, 0.15) is 5.56 Å². The lowest BCUT2D eigenvalue weighted by atomic mass is 10.2. The van der Waals surface area contributed by atoms with E-state index in [1.54, 1.807) is 18.2 Å². The molecule has 1 heterocycles. The van der Waals surface area contributed by atoms with Crippen LogP contribution in [-0.4, -0.2) is 9.97 Å². The van der Waals surface area contributed by atoms with Gasteiger partial charge in [0, 0.05) is 16.0 Å². The normalized spacial score (nSPS) is 10.0. The summed E-state index contributed by atoms with van der Waals surface area (Å²) in [5.41, 5.74) is 5.59. The van der Waals surface area contributed by atoms with Gasteiger partial charge in [0.1, 0.15) is 11.9 Å². The summed E-state index contributed by atoms with van der Waals surface area (Å²) in [6.07, 6.45) is 0. The average molecular weight is 279 g/mol. The van der Waals surface area contributed by atoms with Crippen molar-refractivity contribution in [3.05, 3.63) is 45.2 Å². The average Bonchev–Trinajstić information content (AvgIpc) is 2.27. The molecule has 0 atom stereocenters. The van der Waals surface area contributed by atoms with Crippen LogP contribution >= 0.6 is 23.4 Å². The van der Waals surface area contributed by atoms with Gasteiger partial charge in [0.2, 0.25) is 0 Å². The summed E-state index contributed by atoms with van der Waals surface area (Å²) < 4.78 is 0. The summed E-state index contributed by atoms with van der Waals surface area (Å²) in [5.74, 6) is 0.127. The Morgan fingerprint density at radius 3 is 2.89 bits per heavy atom. The summed E-state index contributed by atoms with van der Waals surface area (Å²) in [4.78, 5) is 18.4. The van der Waals surface area contributed by atoms with Gasteiger partial charge in [0.15, 0.2) is 5.16 Å². The predicted octanol–water partition coefficient (Wildman–Crippen LogP) is 2.03. The number of nitrogens with one attached hydrogen (secondary N) is 1. The number of benzene rings is 1. The van der Waals surface area contributed by atoms with Gasteiger partial charge in [-0.15, -0.1) is 0 Å². The number of rotatable bonds is 2. The van der Waals surface area contributed by atoms with E-state index in [0.29, 0.717) is 20.6 Å². The quantitative estimate of drug-likeness (QED) is 0.820. The number of nitriles is 1. The van der Waals surface area contributed by atoms with Gasteiger partial charge in [0.25, 0.3) is 5.56 Å². The van der Waals surface area contributed by atoms with Crippen molar-refractivity contribution in [2.24, 2.45) is 0 Å². The maximum atomic E-state index is 11.2. The second-order valence-corrected chi connectivity index (χ2v) is 4.80. The highest BCUT2D eigenvalue weighted by atomic mass is 35.5. The van der Waals surface area contributed by atoms with E-state index in [-0.39, 0.29) is 11.4 Å². The molecule has 0 spiro atoms. The summed E-state index contributed by atoms with van der Waals surface area (Å²) in [6.45, 7) is 0. The zero-order valence-electron chi connectivity index (χ0n) is 8.98. The van der Waals surface area contributed by atoms with Crippen molar-refractivity contribution in [2.75, 3.05) is 5.73 Å². The largest absolute Gasteiger partial charge is 0.383 e. The minimum absolute atomic E-state index is 0.127. The van der Waals surface area contributed by atoms with Gasteiger partial charge in [-0.3, -0.25) is 4.79 Å². The summed E-state index contributed by atoms with van der Waals surface area (Å²) in [5, 5.41) is 9.79. The number of hydrogen-bond donors (Lipinski definition) is 2. The summed E-state index contributed by atoms with van der Waals surface area (Å²) in [7, 11) is 0. The smallest absolute Gasteiger partial charge is 0.253 e. The number of H-pyrrole nitrogens is 1. The lowest BCUT2D eigenvalue weighted by Gasteiger charge is -2.04. The Morgan fingerprint density at radius 1 is 1.44 bits per heavy atom. The topological polar surface area (TPSA) is 95.6 Å². The van der Waals surface area contributed by atoms with Crippen molar-refractivity contribution < 1.29 is 0 Å². The molecule has 0 amide bonds. The molecule has 0 fully saturated rings. The monoisotopic (exact) mass is 278 g/mol. The Kier molecular flexibility index (Phi) is 3.55. The first-order valence-electron chi connectivity index (χ1n) is 4.83. The molecule has 7 heteroatoms. The number of hydrogen-bond acceptors (Lipinski definition) is 5. The molecular weight excluding hydrogens is 272 g/mol. The van der Waals surface area contributed by atoms with Crippen molar-refractivity contribution >= 4 is 29.2 Å². The van der Waals surface area contributed by atoms with E-state index in [1.807, 2.05) is 6.07 Å². The number of aromatic nitrogens is 2. The first-order chi connectivity index (χ1) is 8.58. The first kappa shape index (κ1) is 12.5. The Bertz CT molecular complexity index is 692. The van der Waals surface area contributed by atoms with Crippen LogP contribution in [-0.2, 0) is 0 Å². The molecule has 1 aromatic heterocycles. The number of aromatic amines is 1. The first-order valence-corrected chi connectivity index (χ1v) is 6.02. The second kappa shape index (κ2) is 5.12. The molecule has 1 aromatic carbocycles.